The van der Waals surface area contributed by atoms with Crippen LogP contribution in [0.1, 0.15) is 20.3 Å². The highest BCUT2D eigenvalue weighted by molar-refractivity contribution is 6.17. The van der Waals surface area contributed by atoms with Gasteiger partial charge in [0.25, 0.3) is 0 Å². The van der Waals surface area contributed by atoms with E-state index in [1.165, 1.54) is 0 Å². The molecule has 0 heterocycles. The van der Waals surface area contributed by atoms with Crippen molar-refractivity contribution in [3.63, 3.8) is 0 Å². The Morgan fingerprint density at radius 2 is 2.12 bits per heavy atom. The second-order valence-corrected chi connectivity index (χ2v) is 2.92. The molecule has 8 heavy (non-hydrogen) atoms. The minimum absolute atomic E-state index is 0.220. The quantitative estimate of drug-likeness (QED) is 0.425. The third-order valence-corrected chi connectivity index (χ3v) is 1.25. The highest BCUT2D eigenvalue weighted by Crippen LogP contribution is 2.16. The normalized spacial score (nSPS) is 11.4. The largest absolute Gasteiger partial charge is 0.303 e. The molecule has 0 aromatic rings. The van der Waals surface area contributed by atoms with Crippen LogP contribution in [0.2, 0.25) is 0 Å². The zero-order chi connectivity index (χ0) is 6.62. The second kappa shape index (κ2) is 3.08. The van der Waals surface area contributed by atoms with E-state index in [1.54, 1.807) is 0 Å². The molecule has 0 atom stereocenters. The van der Waals surface area contributed by atoms with E-state index in [1.807, 2.05) is 13.8 Å². The lowest BCUT2D eigenvalue weighted by atomic mass is 9.93. The average molecular weight is 135 g/mol. The molecule has 0 unspecified atom stereocenters. The molecular weight excluding hydrogens is 124 g/mol. The summed E-state index contributed by atoms with van der Waals surface area (Å²) in [6.07, 6.45) is 1.70. The zero-order valence-electron chi connectivity index (χ0n) is 5.28. The topological polar surface area (TPSA) is 17.1 Å². The number of halogens is 1. The van der Waals surface area contributed by atoms with Crippen LogP contribution in [0.15, 0.2) is 0 Å². The molecule has 2 heteroatoms. The number of hydrogen-bond donors (Lipinski definition) is 0. The summed E-state index contributed by atoms with van der Waals surface area (Å²) in [6.45, 7) is 3.75. The van der Waals surface area contributed by atoms with Gasteiger partial charge in [0.15, 0.2) is 0 Å². The van der Waals surface area contributed by atoms with Crippen LogP contribution in [-0.2, 0) is 4.79 Å². The second-order valence-electron chi connectivity index (χ2n) is 2.55. The van der Waals surface area contributed by atoms with Crippen LogP contribution in [0, 0.1) is 5.41 Å². The molecule has 0 aromatic carbocycles. The Hall–Kier alpha value is -0.0400. The predicted molar refractivity (Wildman–Crippen MR) is 35.2 cm³/mol. The van der Waals surface area contributed by atoms with E-state index in [-0.39, 0.29) is 5.41 Å². The first-order valence-electron chi connectivity index (χ1n) is 2.65. The van der Waals surface area contributed by atoms with Crippen molar-refractivity contribution >= 4 is 17.9 Å². The number of rotatable bonds is 3. The first-order chi connectivity index (χ1) is 3.62. The zero-order valence-corrected chi connectivity index (χ0v) is 6.03. The van der Waals surface area contributed by atoms with Gasteiger partial charge < -0.3 is 4.79 Å². The molecule has 0 saturated carbocycles. The molecule has 0 bridgehead atoms. The van der Waals surface area contributed by atoms with E-state index in [0.717, 1.165) is 12.7 Å². The van der Waals surface area contributed by atoms with E-state index in [4.69, 9.17) is 11.6 Å². The molecule has 1 nitrogen and oxygen atoms in total. The Labute approximate surface area is 55.0 Å². The van der Waals surface area contributed by atoms with Gasteiger partial charge in [-0.15, -0.1) is 11.6 Å². The maximum absolute atomic E-state index is 10.2. The molecule has 0 aromatic heterocycles. The maximum Gasteiger partial charge on any atom is 0.125 e. The van der Waals surface area contributed by atoms with Gasteiger partial charge in [-0.1, -0.05) is 13.8 Å². The van der Waals surface area contributed by atoms with Crippen LogP contribution < -0.4 is 0 Å². The number of aldehydes is 1. The molecular formula is C6H11ClO. The molecule has 0 aliphatic heterocycles. The minimum atomic E-state index is -0.220. The van der Waals surface area contributed by atoms with Crippen LogP contribution in [-0.4, -0.2) is 12.2 Å². The van der Waals surface area contributed by atoms with Gasteiger partial charge in [-0.3, -0.25) is 0 Å². The van der Waals surface area contributed by atoms with Gasteiger partial charge in [-0.25, -0.2) is 0 Å². The SMILES string of the molecule is CC(C)(C=O)CCCl. The van der Waals surface area contributed by atoms with Crippen molar-refractivity contribution in [3.8, 4) is 0 Å². The van der Waals surface area contributed by atoms with E-state index in [2.05, 4.69) is 0 Å². The number of carbonyl (C=O) groups is 1. The Balaban J connectivity index is 3.53. The smallest absolute Gasteiger partial charge is 0.125 e. The molecule has 0 amide bonds. The molecule has 0 N–H and O–H groups in total. The van der Waals surface area contributed by atoms with Gasteiger partial charge >= 0.3 is 0 Å². The molecule has 0 fully saturated rings. The predicted octanol–water partition coefficient (Wildman–Crippen LogP) is 1.84. The lowest BCUT2D eigenvalue weighted by molar-refractivity contribution is -0.114. The summed E-state index contributed by atoms with van der Waals surface area (Å²) in [5.41, 5.74) is -0.220. The number of alkyl halides is 1. The minimum Gasteiger partial charge on any atom is -0.303 e. The Morgan fingerprint density at radius 3 is 2.25 bits per heavy atom. The number of carbonyl (C=O) groups excluding carboxylic acids is 1. The first kappa shape index (κ1) is 7.96. The fourth-order valence-corrected chi connectivity index (χ4v) is 0.790. The van der Waals surface area contributed by atoms with E-state index < -0.39 is 0 Å². The number of hydrogen-bond acceptors (Lipinski definition) is 1. The molecule has 0 aliphatic carbocycles. The molecule has 0 aliphatic rings. The maximum atomic E-state index is 10.2. The van der Waals surface area contributed by atoms with Gasteiger partial charge in [0.1, 0.15) is 6.29 Å². The van der Waals surface area contributed by atoms with Gasteiger partial charge in [0.2, 0.25) is 0 Å². The summed E-state index contributed by atoms with van der Waals surface area (Å²) >= 11 is 5.41. The third kappa shape index (κ3) is 3.03. The van der Waals surface area contributed by atoms with Gasteiger partial charge in [-0.2, -0.15) is 0 Å². The van der Waals surface area contributed by atoms with Crippen molar-refractivity contribution in [3.05, 3.63) is 0 Å². The van der Waals surface area contributed by atoms with Crippen molar-refractivity contribution in [1.82, 2.24) is 0 Å². The van der Waals surface area contributed by atoms with Crippen LogP contribution in [0.4, 0.5) is 0 Å². The van der Waals surface area contributed by atoms with E-state index in [0.29, 0.717) is 5.88 Å². The third-order valence-electron chi connectivity index (χ3n) is 1.06. The van der Waals surface area contributed by atoms with E-state index >= 15 is 0 Å². The molecule has 0 saturated heterocycles. The van der Waals surface area contributed by atoms with E-state index in [9.17, 15) is 4.79 Å². The van der Waals surface area contributed by atoms with Crippen LogP contribution in [0.5, 0.6) is 0 Å². The van der Waals surface area contributed by atoms with Gasteiger partial charge in [-0.05, 0) is 6.42 Å². The molecule has 0 rings (SSSR count). The van der Waals surface area contributed by atoms with Crippen LogP contribution in [0.3, 0.4) is 0 Å². The highest BCUT2D eigenvalue weighted by atomic mass is 35.5. The summed E-state index contributed by atoms with van der Waals surface area (Å²) in [4.78, 5) is 10.2. The first-order valence-corrected chi connectivity index (χ1v) is 3.18. The summed E-state index contributed by atoms with van der Waals surface area (Å²) in [5, 5.41) is 0. The van der Waals surface area contributed by atoms with Crippen LogP contribution in [0.25, 0.3) is 0 Å². The van der Waals surface area contributed by atoms with Crippen molar-refractivity contribution < 1.29 is 4.79 Å². The Bertz CT molecular complexity index is 78.6. The van der Waals surface area contributed by atoms with Crippen molar-refractivity contribution in [2.45, 2.75) is 20.3 Å². The molecule has 0 radical (unpaired) electrons. The van der Waals surface area contributed by atoms with Crippen molar-refractivity contribution in [2.24, 2.45) is 5.41 Å². The fourth-order valence-electron chi connectivity index (χ4n) is 0.302. The monoisotopic (exact) mass is 134 g/mol. The highest BCUT2D eigenvalue weighted by Gasteiger charge is 2.14. The Morgan fingerprint density at radius 1 is 1.62 bits per heavy atom. The average Bonchev–Trinajstić information content (AvgIpc) is 1.67. The summed E-state index contributed by atoms with van der Waals surface area (Å²) in [6, 6.07) is 0. The van der Waals surface area contributed by atoms with Crippen LogP contribution >= 0.6 is 11.6 Å². The molecule has 0 spiro atoms. The van der Waals surface area contributed by atoms with Gasteiger partial charge in [0, 0.05) is 11.3 Å². The van der Waals surface area contributed by atoms with Gasteiger partial charge in [0.05, 0.1) is 0 Å². The summed E-state index contributed by atoms with van der Waals surface area (Å²) in [5.74, 6) is 0.561. The lowest BCUT2D eigenvalue weighted by Gasteiger charge is -2.12. The fraction of sp³-hybridized carbons (Fsp3) is 0.833. The summed E-state index contributed by atoms with van der Waals surface area (Å²) in [7, 11) is 0. The lowest BCUT2D eigenvalue weighted by Crippen LogP contribution is -2.12. The molecule has 48 valence electrons. The summed E-state index contributed by atoms with van der Waals surface area (Å²) < 4.78 is 0. The Kier molecular flexibility index (Phi) is 3.06. The standard InChI is InChI=1S/C6H11ClO/c1-6(2,5-8)3-4-7/h5H,3-4H2,1-2H3. The van der Waals surface area contributed by atoms with Crippen molar-refractivity contribution in [2.75, 3.05) is 5.88 Å². The van der Waals surface area contributed by atoms with Crippen molar-refractivity contribution in [1.29, 1.82) is 0 Å².